The summed E-state index contributed by atoms with van der Waals surface area (Å²) in [6.45, 7) is 10.3. The van der Waals surface area contributed by atoms with E-state index in [-0.39, 0.29) is 17.1 Å². The number of ether oxygens (including phenoxy) is 1. The van der Waals surface area contributed by atoms with Gasteiger partial charge in [0.1, 0.15) is 5.75 Å². The van der Waals surface area contributed by atoms with Gasteiger partial charge in [0.2, 0.25) is 10.0 Å². The lowest BCUT2D eigenvalue weighted by Gasteiger charge is -2.30. The molecule has 0 aromatic heterocycles. The lowest BCUT2D eigenvalue weighted by atomic mass is 9.82. The Morgan fingerprint density at radius 2 is 1.85 bits per heavy atom. The molecule has 0 fully saturated rings. The first-order chi connectivity index (χ1) is 8.99. The van der Waals surface area contributed by atoms with Crippen LogP contribution in [0.25, 0.3) is 0 Å². The van der Waals surface area contributed by atoms with Crippen LogP contribution >= 0.6 is 0 Å². The summed E-state index contributed by atoms with van der Waals surface area (Å²) < 4.78 is 28.5. The molecule has 0 aliphatic heterocycles. The molecular formula is C15H25NO3S. The van der Waals surface area contributed by atoms with Gasteiger partial charge in [-0.15, -0.1) is 0 Å². The maximum Gasteiger partial charge on any atom is 0.209 e. The van der Waals surface area contributed by atoms with Gasteiger partial charge in [-0.05, 0) is 30.9 Å². The zero-order valence-electron chi connectivity index (χ0n) is 12.9. The normalized spacial score (nSPS) is 14.1. The van der Waals surface area contributed by atoms with E-state index in [4.69, 9.17) is 9.88 Å². The minimum Gasteiger partial charge on any atom is -0.493 e. The van der Waals surface area contributed by atoms with Gasteiger partial charge in [0.25, 0.3) is 0 Å². The van der Waals surface area contributed by atoms with Gasteiger partial charge in [0.05, 0.1) is 12.4 Å². The Morgan fingerprint density at radius 1 is 1.25 bits per heavy atom. The van der Waals surface area contributed by atoms with Gasteiger partial charge in [-0.3, -0.25) is 0 Å². The van der Waals surface area contributed by atoms with E-state index in [0.29, 0.717) is 6.61 Å². The van der Waals surface area contributed by atoms with Gasteiger partial charge >= 0.3 is 0 Å². The molecule has 0 heterocycles. The summed E-state index contributed by atoms with van der Waals surface area (Å²) >= 11 is 0. The van der Waals surface area contributed by atoms with Crippen LogP contribution in [0.1, 0.15) is 31.9 Å². The molecule has 5 heteroatoms. The number of hydrogen-bond acceptors (Lipinski definition) is 3. The fraction of sp³-hybridized carbons (Fsp3) is 0.600. The van der Waals surface area contributed by atoms with Crippen LogP contribution in [0, 0.1) is 25.2 Å². The molecule has 0 amide bonds. The molecule has 1 atom stereocenters. The molecule has 2 N–H and O–H groups in total. The Hall–Kier alpha value is -1.07. The number of rotatable bonds is 5. The zero-order chi connectivity index (χ0) is 15.6. The molecule has 0 bridgehead atoms. The van der Waals surface area contributed by atoms with Crippen molar-refractivity contribution in [3.8, 4) is 5.75 Å². The molecule has 1 aromatic carbocycles. The van der Waals surface area contributed by atoms with Crippen LogP contribution in [0.5, 0.6) is 5.75 Å². The first-order valence-electron chi connectivity index (χ1n) is 6.69. The standard InChI is InChI=1S/C15H25NO3S/c1-11-6-7-14(12(2)8-11)19-9-13(15(3,4)5)10-20(16,17)18/h6-8,13H,9-10H2,1-5H3,(H2,16,17,18). The zero-order valence-corrected chi connectivity index (χ0v) is 13.8. The van der Waals surface area contributed by atoms with Crippen LogP contribution in [-0.4, -0.2) is 20.8 Å². The highest BCUT2D eigenvalue weighted by Crippen LogP contribution is 2.28. The van der Waals surface area contributed by atoms with E-state index in [2.05, 4.69) is 0 Å². The Morgan fingerprint density at radius 3 is 2.30 bits per heavy atom. The molecule has 0 radical (unpaired) electrons. The molecular weight excluding hydrogens is 274 g/mol. The third-order valence-electron chi connectivity index (χ3n) is 3.43. The fourth-order valence-corrected chi connectivity index (χ4v) is 3.14. The molecule has 1 rings (SSSR count). The van der Waals surface area contributed by atoms with Gasteiger partial charge in [0.15, 0.2) is 0 Å². The second kappa shape index (κ2) is 6.14. The molecule has 1 unspecified atom stereocenters. The summed E-state index contributed by atoms with van der Waals surface area (Å²) in [7, 11) is -3.51. The lowest BCUT2D eigenvalue weighted by molar-refractivity contribution is 0.162. The van der Waals surface area contributed by atoms with Crippen molar-refractivity contribution in [2.75, 3.05) is 12.4 Å². The smallest absolute Gasteiger partial charge is 0.209 e. The highest BCUT2D eigenvalue weighted by molar-refractivity contribution is 7.89. The van der Waals surface area contributed by atoms with E-state index in [1.165, 1.54) is 5.56 Å². The van der Waals surface area contributed by atoms with Crippen molar-refractivity contribution in [1.29, 1.82) is 0 Å². The van der Waals surface area contributed by atoms with Gasteiger partial charge < -0.3 is 4.74 Å². The van der Waals surface area contributed by atoms with E-state index < -0.39 is 10.0 Å². The average molecular weight is 299 g/mol. The van der Waals surface area contributed by atoms with Crippen molar-refractivity contribution >= 4 is 10.0 Å². The molecule has 0 saturated heterocycles. The van der Waals surface area contributed by atoms with E-state index >= 15 is 0 Å². The van der Waals surface area contributed by atoms with Gasteiger partial charge in [-0.2, -0.15) is 0 Å². The number of nitrogens with two attached hydrogens (primary N) is 1. The second-order valence-electron chi connectivity index (χ2n) is 6.47. The minimum absolute atomic E-state index is 0.0680. The Bertz CT molecular complexity index is 559. The summed E-state index contributed by atoms with van der Waals surface area (Å²) in [5.41, 5.74) is 2.03. The van der Waals surface area contributed by atoms with E-state index in [0.717, 1.165) is 11.3 Å². The number of sulfonamides is 1. The molecule has 0 saturated carbocycles. The summed E-state index contributed by atoms with van der Waals surface area (Å²) in [6.07, 6.45) is 0. The van der Waals surface area contributed by atoms with Crippen molar-refractivity contribution in [2.45, 2.75) is 34.6 Å². The quantitative estimate of drug-likeness (QED) is 0.908. The Labute approximate surface area is 122 Å². The largest absolute Gasteiger partial charge is 0.493 e. The van der Waals surface area contributed by atoms with Crippen LogP contribution in [-0.2, 0) is 10.0 Å². The number of benzene rings is 1. The molecule has 20 heavy (non-hydrogen) atoms. The maximum absolute atomic E-state index is 11.3. The van der Waals surface area contributed by atoms with Crippen molar-refractivity contribution in [2.24, 2.45) is 16.5 Å². The topological polar surface area (TPSA) is 69.4 Å². The van der Waals surface area contributed by atoms with Crippen molar-refractivity contribution in [3.05, 3.63) is 29.3 Å². The highest BCUT2D eigenvalue weighted by atomic mass is 32.2. The number of hydrogen-bond donors (Lipinski definition) is 1. The molecule has 0 spiro atoms. The molecule has 114 valence electrons. The molecule has 4 nitrogen and oxygen atoms in total. The number of primary sulfonamides is 1. The van der Waals surface area contributed by atoms with Crippen LogP contribution < -0.4 is 9.88 Å². The van der Waals surface area contributed by atoms with Crippen LogP contribution in [0.2, 0.25) is 0 Å². The third-order valence-corrected chi connectivity index (χ3v) is 4.30. The maximum atomic E-state index is 11.3. The predicted molar refractivity (Wildman–Crippen MR) is 82.3 cm³/mol. The number of aryl methyl sites for hydroxylation is 2. The Balaban J connectivity index is 2.81. The van der Waals surface area contributed by atoms with Gasteiger partial charge in [0, 0.05) is 5.92 Å². The monoisotopic (exact) mass is 299 g/mol. The summed E-state index contributed by atoms with van der Waals surface area (Å²) in [5.74, 6) is 0.569. The summed E-state index contributed by atoms with van der Waals surface area (Å²) in [5, 5.41) is 5.17. The van der Waals surface area contributed by atoms with Gasteiger partial charge in [-0.25, -0.2) is 13.6 Å². The Kier molecular flexibility index (Phi) is 5.21. The highest BCUT2D eigenvalue weighted by Gasteiger charge is 2.29. The first-order valence-corrected chi connectivity index (χ1v) is 8.41. The van der Waals surface area contributed by atoms with Crippen molar-refractivity contribution < 1.29 is 13.2 Å². The van der Waals surface area contributed by atoms with Crippen LogP contribution in [0.4, 0.5) is 0 Å². The predicted octanol–water partition coefficient (Wildman–Crippen LogP) is 2.63. The molecule has 1 aromatic rings. The average Bonchev–Trinajstić information content (AvgIpc) is 2.23. The second-order valence-corrected chi connectivity index (χ2v) is 8.13. The van der Waals surface area contributed by atoms with Gasteiger partial charge in [-0.1, -0.05) is 38.5 Å². The van der Waals surface area contributed by atoms with E-state index in [1.54, 1.807) is 0 Å². The molecule has 0 aliphatic rings. The van der Waals surface area contributed by atoms with Crippen LogP contribution in [0.3, 0.4) is 0 Å². The van der Waals surface area contributed by atoms with Crippen molar-refractivity contribution in [3.63, 3.8) is 0 Å². The van der Waals surface area contributed by atoms with E-state index in [9.17, 15) is 8.42 Å². The first kappa shape index (κ1) is 17.0. The van der Waals surface area contributed by atoms with E-state index in [1.807, 2.05) is 52.8 Å². The summed E-state index contributed by atoms with van der Waals surface area (Å²) in [4.78, 5) is 0. The van der Waals surface area contributed by atoms with Crippen molar-refractivity contribution in [1.82, 2.24) is 0 Å². The lowest BCUT2D eigenvalue weighted by Crippen LogP contribution is -2.35. The fourth-order valence-electron chi connectivity index (χ4n) is 1.98. The molecule has 0 aliphatic carbocycles. The summed E-state index contributed by atoms with van der Waals surface area (Å²) in [6, 6.07) is 5.94. The minimum atomic E-state index is -3.51. The van der Waals surface area contributed by atoms with Crippen LogP contribution in [0.15, 0.2) is 18.2 Å². The SMILES string of the molecule is Cc1ccc(OCC(CS(N)(=O)=O)C(C)(C)C)c(C)c1. The third kappa shape index (κ3) is 5.51.